The van der Waals surface area contributed by atoms with Gasteiger partial charge in [0.05, 0.1) is 16.7 Å². The SMILES string of the molecule is Cc1onc(-c2ccc(F)cc2)c1C(=O)Nc1ccccc1-c1nc2ccccc2[nH]1. The van der Waals surface area contributed by atoms with Crippen LogP contribution in [0.3, 0.4) is 0 Å². The summed E-state index contributed by atoms with van der Waals surface area (Å²) in [6.45, 7) is 1.67. The molecule has 0 unspecified atom stereocenters. The maximum Gasteiger partial charge on any atom is 0.261 e. The molecule has 5 rings (SSSR count). The summed E-state index contributed by atoms with van der Waals surface area (Å²) in [6, 6.07) is 20.9. The number of hydrogen-bond acceptors (Lipinski definition) is 4. The second-order valence-electron chi connectivity index (χ2n) is 7.07. The van der Waals surface area contributed by atoms with Crippen LogP contribution < -0.4 is 5.32 Å². The highest BCUT2D eigenvalue weighted by Crippen LogP contribution is 2.30. The van der Waals surface area contributed by atoms with Crippen molar-refractivity contribution in [2.45, 2.75) is 6.92 Å². The van der Waals surface area contributed by atoms with Gasteiger partial charge in [0.1, 0.15) is 28.7 Å². The zero-order chi connectivity index (χ0) is 21.4. The van der Waals surface area contributed by atoms with Crippen LogP contribution in [-0.2, 0) is 0 Å². The Bertz CT molecular complexity index is 1370. The highest BCUT2D eigenvalue weighted by Gasteiger charge is 2.23. The summed E-state index contributed by atoms with van der Waals surface area (Å²) in [4.78, 5) is 21.1. The van der Waals surface area contributed by atoms with Gasteiger partial charge in [0.15, 0.2) is 0 Å². The number of fused-ring (bicyclic) bond motifs is 1. The number of para-hydroxylation sites is 3. The van der Waals surface area contributed by atoms with Crippen LogP contribution in [0.15, 0.2) is 77.3 Å². The third kappa shape index (κ3) is 3.46. The fourth-order valence-electron chi connectivity index (χ4n) is 3.51. The molecule has 0 bridgehead atoms. The lowest BCUT2D eigenvalue weighted by Crippen LogP contribution is -2.14. The number of benzene rings is 3. The van der Waals surface area contributed by atoms with Gasteiger partial charge in [-0.3, -0.25) is 4.79 Å². The molecule has 152 valence electrons. The fourth-order valence-corrected chi connectivity index (χ4v) is 3.51. The van der Waals surface area contributed by atoms with Crippen molar-refractivity contribution in [3.05, 3.63) is 89.9 Å². The Morgan fingerprint density at radius 2 is 1.74 bits per heavy atom. The lowest BCUT2D eigenvalue weighted by molar-refractivity contribution is 0.102. The van der Waals surface area contributed by atoms with Crippen molar-refractivity contribution >= 4 is 22.6 Å². The van der Waals surface area contributed by atoms with E-state index < -0.39 is 0 Å². The molecule has 0 fully saturated rings. The standard InChI is InChI=1S/C24H17FN4O2/c1-14-21(22(29-31-14)15-10-12-16(25)13-11-15)24(30)28-18-7-3-2-6-17(18)23-26-19-8-4-5-9-20(19)27-23/h2-13H,1H3,(H,26,27)(H,28,30). The summed E-state index contributed by atoms with van der Waals surface area (Å²) in [5.41, 5.74) is 4.34. The number of aromatic amines is 1. The van der Waals surface area contributed by atoms with Gasteiger partial charge in [-0.2, -0.15) is 0 Å². The van der Waals surface area contributed by atoms with Crippen LogP contribution in [0.25, 0.3) is 33.7 Å². The average Bonchev–Trinajstić information content (AvgIpc) is 3.38. The molecule has 0 aliphatic heterocycles. The molecule has 6 nitrogen and oxygen atoms in total. The molecule has 0 saturated carbocycles. The molecule has 0 saturated heterocycles. The number of carbonyl (C=O) groups excluding carboxylic acids is 1. The van der Waals surface area contributed by atoms with Crippen LogP contribution in [0, 0.1) is 12.7 Å². The molecule has 0 radical (unpaired) electrons. The van der Waals surface area contributed by atoms with E-state index in [1.54, 1.807) is 25.1 Å². The van der Waals surface area contributed by atoms with E-state index in [0.29, 0.717) is 34.1 Å². The summed E-state index contributed by atoms with van der Waals surface area (Å²) < 4.78 is 18.6. The van der Waals surface area contributed by atoms with Crippen molar-refractivity contribution in [2.24, 2.45) is 0 Å². The van der Waals surface area contributed by atoms with Gasteiger partial charge >= 0.3 is 0 Å². The van der Waals surface area contributed by atoms with Crippen LogP contribution in [-0.4, -0.2) is 21.0 Å². The van der Waals surface area contributed by atoms with E-state index in [2.05, 4.69) is 20.4 Å². The first kappa shape index (κ1) is 18.7. The molecule has 3 aromatic carbocycles. The van der Waals surface area contributed by atoms with E-state index >= 15 is 0 Å². The van der Waals surface area contributed by atoms with Crippen LogP contribution in [0.1, 0.15) is 16.1 Å². The third-order valence-corrected chi connectivity index (χ3v) is 5.03. The molecule has 1 amide bonds. The molecule has 2 aromatic heterocycles. The van der Waals surface area contributed by atoms with Crippen molar-refractivity contribution in [1.82, 2.24) is 15.1 Å². The first-order chi connectivity index (χ1) is 15.1. The normalized spacial score (nSPS) is 11.0. The number of aryl methyl sites for hydroxylation is 1. The maximum absolute atomic E-state index is 13.3. The number of amides is 1. The Morgan fingerprint density at radius 1 is 1.00 bits per heavy atom. The Labute approximate surface area is 176 Å². The predicted molar refractivity (Wildman–Crippen MR) is 116 cm³/mol. The Kier molecular flexibility index (Phi) is 4.55. The van der Waals surface area contributed by atoms with E-state index in [9.17, 15) is 9.18 Å². The number of carbonyl (C=O) groups is 1. The fraction of sp³-hybridized carbons (Fsp3) is 0.0417. The van der Waals surface area contributed by atoms with E-state index in [-0.39, 0.29) is 11.7 Å². The van der Waals surface area contributed by atoms with E-state index in [1.807, 2.05) is 42.5 Å². The lowest BCUT2D eigenvalue weighted by Gasteiger charge is -2.10. The summed E-state index contributed by atoms with van der Waals surface area (Å²) >= 11 is 0. The smallest absolute Gasteiger partial charge is 0.261 e. The molecule has 0 aliphatic rings. The number of rotatable bonds is 4. The third-order valence-electron chi connectivity index (χ3n) is 5.03. The first-order valence-electron chi connectivity index (χ1n) is 9.68. The zero-order valence-corrected chi connectivity index (χ0v) is 16.5. The average molecular weight is 412 g/mol. The Balaban J connectivity index is 1.51. The molecular weight excluding hydrogens is 395 g/mol. The molecule has 0 atom stereocenters. The highest BCUT2D eigenvalue weighted by molar-refractivity contribution is 6.10. The second kappa shape index (κ2) is 7.53. The molecule has 5 aromatic rings. The van der Waals surface area contributed by atoms with Gasteiger partial charge in [-0.15, -0.1) is 0 Å². The number of hydrogen-bond donors (Lipinski definition) is 2. The van der Waals surface area contributed by atoms with Crippen molar-refractivity contribution in [3.63, 3.8) is 0 Å². The summed E-state index contributed by atoms with van der Waals surface area (Å²) in [5, 5.41) is 6.96. The number of nitrogens with zero attached hydrogens (tertiary/aromatic N) is 2. The Hall–Kier alpha value is -4.26. The molecule has 2 N–H and O–H groups in total. The monoisotopic (exact) mass is 412 g/mol. The minimum Gasteiger partial charge on any atom is -0.360 e. The topological polar surface area (TPSA) is 83.8 Å². The van der Waals surface area contributed by atoms with E-state index in [1.165, 1.54) is 12.1 Å². The van der Waals surface area contributed by atoms with Gasteiger partial charge < -0.3 is 14.8 Å². The van der Waals surface area contributed by atoms with Crippen LogP contribution >= 0.6 is 0 Å². The van der Waals surface area contributed by atoms with Crippen LogP contribution in [0.5, 0.6) is 0 Å². The number of imidazole rings is 1. The number of anilines is 1. The minimum atomic E-state index is -0.373. The van der Waals surface area contributed by atoms with Gasteiger partial charge in [-0.1, -0.05) is 29.4 Å². The molecule has 31 heavy (non-hydrogen) atoms. The summed E-state index contributed by atoms with van der Waals surface area (Å²) in [5.74, 6) is 0.285. The van der Waals surface area contributed by atoms with Crippen LogP contribution in [0.4, 0.5) is 10.1 Å². The number of aromatic nitrogens is 3. The number of H-pyrrole nitrogens is 1. The van der Waals surface area contributed by atoms with E-state index in [4.69, 9.17) is 4.52 Å². The Morgan fingerprint density at radius 3 is 2.55 bits per heavy atom. The van der Waals surface area contributed by atoms with Gasteiger partial charge in [-0.05, 0) is 55.5 Å². The van der Waals surface area contributed by atoms with Gasteiger partial charge in [-0.25, -0.2) is 9.37 Å². The molecule has 7 heteroatoms. The van der Waals surface area contributed by atoms with E-state index in [0.717, 1.165) is 16.6 Å². The van der Waals surface area contributed by atoms with Crippen LogP contribution in [0.2, 0.25) is 0 Å². The quantitative estimate of drug-likeness (QED) is 0.403. The largest absolute Gasteiger partial charge is 0.360 e. The lowest BCUT2D eigenvalue weighted by atomic mass is 10.0. The minimum absolute atomic E-state index is 0.297. The summed E-state index contributed by atoms with van der Waals surface area (Å²) in [6.07, 6.45) is 0. The van der Waals surface area contributed by atoms with Gasteiger partial charge in [0, 0.05) is 11.1 Å². The molecule has 2 heterocycles. The van der Waals surface area contributed by atoms with Crippen molar-refractivity contribution in [2.75, 3.05) is 5.32 Å². The second-order valence-corrected chi connectivity index (χ2v) is 7.07. The van der Waals surface area contributed by atoms with Crippen molar-refractivity contribution in [1.29, 1.82) is 0 Å². The maximum atomic E-state index is 13.3. The first-order valence-corrected chi connectivity index (χ1v) is 9.68. The number of halogens is 1. The number of nitrogens with one attached hydrogen (secondary N) is 2. The van der Waals surface area contributed by atoms with Crippen molar-refractivity contribution in [3.8, 4) is 22.6 Å². The predicted octanol–water partition coefficient (Wildman–Crippen LogP) is 5.58. The zero-order valence-electron chi connectivity index (χ0n) is 16.5. The van der Waals surface area contributed by atoms with Crippen molar-refractivity contribution < 1.29 is 13.7 Å². The highest BCUT2D eigenvalue weighted by atomic mass is 19.1. The van der Waals surface area contributed by atoms with Gasteiger partial charge in [0.2, 0.25) is 0 Å². The van der Waals surface area contributed by atoms with Gasteiger partial charge in [0.25, 0.3) is 5.91 Å². The molecule has 0 spiro atoms. The summed E-state index contributed by atoms with van der Waals surface area (Å²) in [7, 11) is 0. The molecule has 0 aliphatic carbocycles. The molecular formula is C24H17FN4O2.